The Bertz CT molecular complexity index is 833. The lowest BCUT2D eigenvalue weighted by atomic mass is 10.0. The fourth-order valence-corrected chi connectivity index (χ4v) is 2.32. The minimum Gasteiger partial charge on any atom is -0.343 e. The molecule has 27 heavy (non-hydrogen) atoms. The van der Waals surface area contributed by atoms with E-state index in [-0.39, 0.29) is 5.56 Å². The van der Waals surface area contributed by atoms with Gasteiger partial charge in [0.05, 0.1) is 0 Å². The molecule has 4 N–H and O–H groups in total. The van der Waals surface area contributed by atoms with Gasteiger partial charge in [0.1, 0.15) is 12.6 Å². The Morgan fingerprint density at radius 2 is 1.70 bits per heavy atom. The van der Waals surface area contributed by atoms with Crippen LogP contribution in [0.4, 0.5) is 18.9 Å². The van der Waals surface area contributed by atoms with Gasteiger partial charge in [-0.2, -0.15) is 13.2 Å². The fraction of sp³-hybridized carbons (Fsp3) is 0.263. The first-order chi connectivity index (χ1) is 12.6. The lowest BCUT2D eigenvalue weighted by molar-refractivity contribution is -0.123. The predicted octanol–water partition coefficient (Wildman–Crippen LogP) is 3.23. The number of alkyl halides is 3. The van der Waals surface area contributed by atoms with Crippen LogP contribution in [0.2, 0.25) is 0 Å². The van der Waals surface area contributed by atoms with Crippen LogP contribution in [0, 0.1) is 13.8 Å². The lowest BCUT2D eigenvalue weighted by Gasteiger charge is -2.15. The van der Waals surface area contributed by atoms with Crippen LogP contribution in [0.15, 0.2) is 42.5 Å². The molecule has 0 aromatic heterocycles. The van der Waals surface area contributed by atoms with Crippen LogP contribution in [-0.2, 0) is 4.79 Å². The average Bonchev–Trinajstić information content (AvgIpc) is 2.61. The van der Waals surface area contributed by atoms with Gasteiger partial charge in [-0.25, -0.2) is 0 Å². The number of hydrogen-bond acceptors (Lipinski definition) is 3. The van der Waals surface area contributed by atoms with Gasteiger partial charge in [0.15, 0.2) is 0 Å². The molecule has 5 nitrogen and oxygen atoms in total. The molecular formula is C19H20F3N3O2. The molecule has 0 heterocycles. The van der Waals surface area contributed by atoms with Crippen molar-refractivity contribution in [2.45, 2.75) is 26.1 Å². The molecular weight excluding hydrogens is 359 g/mol. The van der Waals surface area contributed by atoms with Crippen molar-refractivity contribution < 1.29 is 22.8 Å². The van der Waals surface area contributed by atoms with E-state index in [4.69, 9.17) is 5.73 Å². The summed E-state index contributed by atoms with van der Waals surface area (Å²) in [5, 5.41) is 4.42. The van der Waals surface area contributed by atoms with Crippen LogP contribution in [-0.4, -0.2) is 24.5 Å². The van der Waals surface area contributed by atoms with Crippen molar-refractivity contribution in [2.24, 2.45) is 5.73 Å². The maximum absolute atomic E-state index is 12.4. The number of nitrogens with two attached hydrogens (primary N) is 1. The van der Waals surface area contributed by atoms with E-state index in [1.165, 1.54) is 18.2 Å². The molecule has 0 aliphatic carbocycles. The van der Waals surface area contributed by atoms with E-state index in [1.54, 1.807) is 24.4 Å². The van der Waals surface area contributed by atoms with Crippen LogP contribution in [0.3, 0.4) is 0 Å². The van der Waals surface area contributed by atoms with Crippen LogP contribution >= 0.6 is 0 Å². The number of hydrogen-bond donors (Lipinski definition) is 3. The zero-order valence-electron chi connectivity index (χ0n) is 14.9. The first-order valence-corrected chi connectivity index (χ1v) is 8.15. The standard InChI is InChI=1S/C19H20F3N3O2/c1-11-3-6-13(7-4-11)16(23)18(27)25-15-9-14(8-5-12(15)2)17(26)24-10-19(20,21)22/h3-9,16H,10,23H2,1-2H3,(H,24,26)(H,25,27). The Hall–Kier alpha value is -2.87. The molecule has 2 aromatic rings. The van der Waals surface area contributed by atoms with Crippen molar-refractivity contribution >= 4 is 17.5 Å². The monoisotopic (exact) mass is 379 g/mol. The average molecular weight is 379 g/mol. The zero-order chi connectivity index (χ0) is 20.2. The predicted molar refractivity (Wildman–Crippen MR) is 96.3 cm³/mol. The van der Waals surface area contributed by atoms with Gasteiger partial charge in [0.25, 0.3) is 5.91 Å². The van der Waals surface area contributed by atoms with Crippen molar-refractivity contribution in [3.63, 3.8) is 0 Å². The number of rotatable bonds is 5. The Morgan fingerprint density at radius 1 is 1.07 bits per heavy atom. The lowest BCUT2D eigenvalue weighted by Crippen LogP contribution is -2.33. The van der Waals surface area contributed by atoms with E-state index in [2.05, 4.69) is 5.32 Å². The van der Waals surface area contributed by atoms with Crippen molar-refractivity contribution in [2.75, 3.05) is 11.9 Å². The third-order valence-electron chi connectivity index (χ3n) is 3.93. The van der Waals surface area contributed by atoms with E-state index < -0.39 is 30.6 Å². The van der Waals surface area contributed by atoms with E-state index in [0.29, 0.717) is 16.8 Å². The summed E-state index contributed by atoms with van der Waals surface area (Å²) in [5.74, 6) is -1.37. The molecule has 2 aromatic carbocycles. The second-order valence-electron chi connectivity index (χ2n) is 6.21. The highest BCUT2D eigenvalue weighted by molar-refractivity contribution is 5.99. The molecule has 0 spiro atoms. The number of aryl methyl sites for hydroxylation is 2. The van der Waals surface area contributed by atoms with Crippen LogP contribution in [0.1, 0.15) is 33.1 Å². The summed E-state index contributed by atoms with van der Waals surface area (Å²) < 4.78 is 36.7. The van der Waals surface area contributed by atoms with Crippen molar-refractivity contribution in [1.29, 1.82) is 0 Å². The third kappa shape index (κ3) is 5.82. The Labute approximate surface area is 154 Å². The van der Waals surface area contributed by atoms with Crippen LogP contribution < -0.4 is 16.4 Å². The molecule has 2 amide bonds. The second kappa shape index (κ2) is 8.22. The smallest absolute Gasteiger partial charge is 0.343 e. The van der Waals surface area contributed by atoms with Crippen LogP contribution in [0.5, 0.6) is 0 Å². The third-order valence-corrected chi connectivity index (χ3v) is 3.93. The molecule has 0 aliphatic rings. The number of carbonyl (C=O) groups is 2. The molecule has 0 saturated carbocycles. The molecule has 0 fully saturated rings. The summed E-state index contributed by atoms with van der Waals surface area (Å²) in [6, 6.07) is 10.5. The molecule has 1 unspecified atom stereocenters. The molecule has 1 atom stereocenters. The van der Waals surface area contributed by atoms with Crippen LogP contribution in [0.25, 0.3) is 0 Å². The highest BCUT2D eigenvalue weighted by atomic mass is 19.4. The molecule has 144 valence electrons. The van der Waals surface area contributed by atoms with Gasteiger partial charge < -0.3 is 16.4 Å². The highest BCUT2D eigenvalue weighted by Gasteiger charge is 2.28. The first kappa shape index (κ1) is 20.4. The summed E-state index contributed by atoms with van der Waals surface area (Å²) in [5.41, 5.74) is 8.57. The maximum Gasteiger partial charge on any atom is 0.405 e. The maximum atomic E-state index is 12.4. The highest BCUT2D eigenvalue weighted by Crippen LogP contribution is 2.20. The minimum absolute atomic E-state index is 0.00376. The van der Waals surface area contributed by atoms with Gasteiger partial charge in [0.2, 0.25) is 5.91 Å². The number of anilines is 1. The largest absolute Gasteiger partial charge is 0.405 e. The molecule has 0 saturated heterocycles. The number of carbonyl (C=O) groups excluding carboxylic acids is 2. The SMILES string of the molecule is Cc1ccc(C(N)C(=O)Nc2cc(C(=O)NCC(F)(F)F)ccc2C)cc1. The van der Waals surface area contributed by atoms with E-state index >= 15 is 0 Å². The van der Waals surface area contributed by atoms with Gasteiger partial charge >= 0.3 is 6.18 Å². The Kier molecular flexibility index (Phi) is 6.22. The van der Waals surface area contributed by atoms with Gasteiger partial charge in [-0.3, -0.25) is 9.59 Å². The second-order valence-corrected chi connectivity index (χ2v) is 6.21. The molecule has 0 aliphatic heterocycles. The van der Waals surface area contributed by atoms with E-state index in [9.17, 15) is 22.8 Å². The summed E-state index contributed by atoms with van der Waals surface area (Å²) in [4.78, 5) is 24.3. The zero-order valence-corrected chi connectivity index (χ0v) is 14.9. The summed E-state index contributed by atoms with van der Waals surface area (Å²) >= 11 is 0. The van der Waals surface area contributed by atoms with Crippen molar-refractivity contribution in [1.82, 2.24) is 5.32 Å². The van der Waals surface area contributed by atoms with Crippen molar-refractivity contribution in [3.05, 3.63) is 64.7 Å². The quantitative estimate of drug-likeness (QED) is 0.746. The van der Waals surface area contributed by atoms with E-state index in [0.717, 1.165) is 5.56 Å². The van der Waals surface area contributed by atoms with Gasteiger partial charge in [-0.15, -0.1) is 0 Å². The van der Waals surface area contributed by atoms with E-state index in [1.807, 2.05) is 19.1 Å². The normalized spacial score (nSPS) is 12.4. The molecule has 8 heteroatoms. The molecule has 2 rings (SSSR count). The summed E-state index contributed by atoms with van der Waals surface area (Å²) in [6.45, 7) is 2.18. The Balaban J connectivity index is 2.12. The topological polar surface area (TPSA) is 84.2 Å². The fourth-order valence-electron chi connectivity index (χ4n) is 2.32. The van der Waals surface area contributed by atoms with Gasteiger partial charge in [-0.05, 0) is 37.1 Å². The number of nitrogens with one attached hydrogen (secondary N) is 2. The molecule has 0 radical (unpaired) electrons. The summed E-state index contributed by atoms with van der Waals surface area (Å²) in [6.07, 6.45) is -4.50. The number of halogens is 3. The number of amides is 2. The Morgan fingerprint density at radius 3 is 2.30 bits per heavy atom. The summed E-state index contributed by atoms with van der Waals surface area (Å²) in [7, 11) is 0. The first-order valence-electron chi connectivity index (χ1n) is 8.15. The number of benzene rings is 2. The minimum atomic E-state index is -4.50. The molecule has 0 bridgehead atoms. The van der Waals surface area contributed by atoms with Gasteiger partial charge in [0, 0.05) is 11.3 Å². The van der Waals surface area contributed by atoms with Gasteiger partial charge in [-0.1, -0.05) is 35.9 Å². The van der Waals surface area contributed by atoms with Crippen molar-refractivity contribution in [3.8, 4) is 0 Å².